The SMILES string of the molecule is Fc1ccc(CCNCC2CNC2)cc1F. The summed E-state index contributed by atoms with van der Waals surface area (Å²) in [6, 6.07) is 4.08. The standard InChI is InChI=1S/C12H16F2N2/c13-11-2-1-9(5-12(11)14)3-4-15-6-10-7-16-8-10/h1-2,5,10,15-16H,3-4,6-8H2. The molecule has 1 fully saturated rings. The molecule has 1 aliphatic heterocycles. The molecule has 2 N–H and O–H groups in total. The van der Waals surface area contributed by atoms with E-state index in [-0.39, 0.29) is 0 Å². The van der Waals surface area contributed by atoms with Crippen molar-refractivity contribution in [3.05, 3.63) is 35.4 Å². The van der Waals surface area contributed by atoms with Gasteiger partial charge in [-0.3, -0.25) is 0 Å². The van der Waals surface area contributed by atoms with Gasteiger partial charge in [-0.05, 0) is 36.6 Å². The van der Waals surface area contributed by atoms with Crippen LogP contribution in [-0.2, 0) is 6.42 Å². The molecule has 1 aromatic rings. The van der Waals surface area contributed by atoms with E-state index < -0.39 is 11.6 Å². The largest absolute Gasteiger partial charge is 0.316 e. The van der Waals surface area contributed by atoms with Gasteiger partial charge in [-0.1, -0.05) is 6.07 Å². The Kier molecular flexibility index (Phi) is 3.85. The van der Waals surface area contributed by atoms with E-state index in [9.17, 15) is 8.78 Å². The summed E-state index contributed by atoms with van der Waals surface area (Å²) in [5, 5.41) is 6.52. The smallest absolute Gasteiger partial charge is 0.159 e. The maximum absolute atomic E-state index is 12.9. The van der Waals surface area contributed by atoms with Crippen LogP contribution in [0.1, 0.15) is 5.56 Å². The normalized spacial score (nSPS) is 16.1. The van der Waals surface area contributed by atoms with Crippen molar-refractivity contribution in [2.24, 2.45) is 5.92 Å². The highest BCUT2D eigenvalue weighted by atomic mass is 19.2. The van der Waals surface area contributed by atoms with Gasteiger partial charge in [0.15, 0.2) is 11.6 Å². The summed E-state index contributed by atoms with van der Waals surface area (Å²) in [5.41, 5.74) is 0.832. The molecule has 2 rings (SSSR count). The molecule has 2 nitrogen and oxygen atoms in total. The quantitative estimate of drug-likeness (QED) is 0.740. The van der Waals surface area contributed by atoms with E-state index in [1.165, 1.54) is 12.1 Å². The van der Waals surface area contributed by atoms with Crippen LogP contribution in [0.4, 0.5) is 8.78 Å². The molecule has 0 aromatic heterocycles. The average molecular weight is 226 g/mol. The fourth-order valence-corrected chi connectivity index (χ4v) is 1.73. The second-order valence-corrected chi connectivity index (χ2v) is 4.23. The van der Waals surface area contributed by atoms with Crippen LogP contribution in [-0.4, -0.2) is 26.2 Å². The van der Waals surface area contributed by atoms with Crippen LogP contribution in [0.25, 0.3) is 0 Å². The molecule has 1 aromatic carbocycles. The highest BCUT2D eigenvalue weighted by Crippen LogP contribution is 2.08. The van der Waals surface area contributed by atoms with Gasteiger partial charge in [-0.2, -0.15) is 0 Å². The summed E-state index contributed by atoms with van der Waals surface area (Å²) in [6.07, 6.45) is 0.733. The minimum Gasteiger partial charge on any atom is -0.316 e. The maximum Gasteiger partial charge on any atom is 0.159 e. The first-order valence-electron chi connectivity index (χ1n) is 5.61. The number of hydrogen-bond acceptors (Lipinski definition) is 2. The average Bonchev–Trinajstić information content (AvgIpc) is 2.20. The zero-order chi connectivity index (χ0) is 11.4. The monoisotopic (exact) mass is 226 g/mol. The lowest BCUT2D eigenvalue weighted by atomic mass is 10.0. The van der Waals surface area contributed by atoms with Crippen LogP contribution in [0, 0.1) is 17.6 Å². The lowest BCUT2D eigenvalue weighted by Crippen LogP contribution is -2.47. The second-order valence-electron chi connectivity index (χ2n) is 4.23. The van der Waals surface area contributed by atoms with Crippen molar-refractivity contribution >= 4 is 0 Å². The molecule has 88 valence electrons. The summed E-state index contributed by atoms with van der Waals surface area (Å²) in [5.74, 6) is -0.817. The van der Waals surface area contributed by atoms with Gasteiger partial charge in [0.1, 0.15) is 0 Å². The Morgan fingerprint density at radius 1 is 1.25 bits per heavy atom. The van der Waals surface area contributed by atoms with Crippen LogP contribution >= 0.6 is 0 Å². The van der Waals surface area contributed by atoms with Crippen molar-refractivity contribution < 1.29 is 8.78 Å². The number of benzene rings is 1. The molecule has 1 heterocycles. The maximum atomic E-state index is 12.9. The van der Waals surface area contributed by atoms with Crippen molar-refractivity contribution in [3.8, 4) is 0 Å². The third-order valence-corrected chi connectivity index (χ3v) is 2.87. The van der Waals surface area contributed by atoms with Crippen molar-refractivity contribution in [3.63, 3.8) is 0 Å². The number of rotatable bonds is 5. The highest BCUT2D eigenvalue weighted by molar-refractivity contribution is 5.18. The minimum atomic E-state index is -0.780. The summed E-state index contributed by atoms with van der Waals surface area (Å²) >= 11 is 0. The molecule has 0 atom stereocenters. The Labute approximate surface area is 94.0 Å². The van der Waals surface area contributed by atoms with Crippen LogP contribution in [0.2, 0.25) is 0 Å². The van der Waals surface area contributed by atoms with Crippen LogP contribution in [0.5, 0.6) is 0 Å². The molecule has 0 amide bonds. The Hall–Kier alpha value is -1.00. The summed E-state index contributed by atoms with van der Waals surface area (Å²) in [6.45, 7) is 3.97. The van der Waals surface area contributed by atoms with Gasteiger partial charge in [0.05, 0.1) is 0 Å². The number of hydrogen-bond donors (Lipinski definition) is 2. The number of nitrogens with one attached hydrogen (secondary N) is 2. The third kappa shape index (κ3) is 3.00. The minimum absolute atomic E-state index is 0.727. The van der Waals surface area contributed by atoms with Gasteiger partial charge in [0.2, 0.25) is 0 Å². The lowest BCUT2D eigenvalue weighted by molar-refractivity contribution is 0.333. The summed E-state index contributed by atoms with van der Waals surface area (Å²) < 4.78 is 25.5. The van der Waals surface area contributed by atoms with E-state index in [0.29, 0.717) is 0 Å². The van der Waals surface area contributed by atoms with Gasteiger partial charge in [0, 0.05) is 19.6 Å². The Morgan fingerprint density at radius 3 is 2.69 bits per heavy atom. The molecule has 16 heavy (non-hydrogen) atoms. The van der Waals surface area contributed by atoms with Crippen LogP contribution < -0.4 is 10.6 Å². The first kappa shape index (κ1) is 11.5. The summed E-state index contributed by atoms with van der Waals surface area (Å²) in [7, 11) is 0. The Balaban J connectivity index is 1.69. The fourth-order valence-electron chi connectivity index (χ4n) is 1.73. The first-order valence-corrected chi connectivity index (χ1v) is 5.61. The number of halogens is 2. The molecule has 0 radical (unpaired) electrons. The molecule has 0 bridgehead atoms. The molecule has 0 saturated carbocycles. The van der Waals surface area contributed by atoms with E-state index in [4.69, 9.17) is 0 Å². The predicted molar refractivity (Wildman–Crippen MR) is 59.3 cm³/mol. The van der Waals surface area contributed by atoms with Gasteiger partial charge in [-0.15, -0.1) is 0 Å². The molecule has 1 aliphatic rings. The third-order valence-electron chi connectivity index (χ3n) is 2.87. The molecular formula is C12H16F2N2. The summed E-state index contributed by atoms with van der Waals surface area (Å²) in [4.78, 5) is 0. The Morgan fingerprint density at radius 2 is 2.06 bits per heavy atom. The predicted octanol–water partition coefficient (Wildman–Crippen LogP) is 1.32. The van der Waals surface area contributed by atoms with E-state index in [2.05, 4.69) is 10.6 Å². The molecule has 1 saturated heterocycles. The van der Waals surface area contributed by atoms with E-state index >= 15 is 0 Å². The van der Waals surface area contributed by atoms with E-state index in [0.717, 1.165) is 44.1 Å². The molecule has 4 heteroatoms. The molecular weight excluding hydrogens is 210 g/mol. The van der Waals surface area contributed by atoms with Crippen molar-refractivity contribution in [1.82, 2.24) is 10.6 Å². The van der Waals surface area contributed by atoms with E-state index in [1.54, 1.807) is 6.07 Å². The zero-order valence-corrected chi connectivity index (χ0v) is 9.10. The topological polar surface area (TPSA) is 24.1 Å². The molecule has 0 unspecified atom stereocenters. The highest BCUT2D eigenvalue weighted by Gasteiger charge is 2.15. The van der Waals surface area contributed by atoms with E-state index in [1.807, 2.05) is 0 Å². The van der Waals surface area contributed by atoms with Crippen molar-refractivity contribution in [2.45, 2.75) is 6.42 Å². The zero-order valence-electron chi connectivity index (χ0n) is 9.10. The molecule has 0 spiro atoms. The van der Waals surface area contributed by atoms with Gasteiger partial charge < -0.3 is 10.6 Å². The van der Waals surface area contributed by atoms with Gasteiger partial charge in [0.25, 0.3) is 0 Å². The van der Waals surface area contributed by atoms with Gasteiger partial charge >= 0.3 is 0 Å². The fraction of sp³-hybridized carbons (Fsp3) is 0.500. The van der Waals surface area contributed by atoms with Crippen molar-refractivity contribution in [2.75, 3.05) is 26.2 Å². The lowest BCUT2D eigenvalue weighted by Gasteiger charge is -2.27. The molecule has 0 aliphatic carbocycles. The first-order chi connectivity index (χ1) is 7.75. The Bertz CT molecular complexity index is 351. The van der Waals surface area contributed by atoms with Gasteiger partial charge in [-0.25, -0.2) is 8.78 Å². The second kappa shape index (κ2) is 5.37. The van der Waals surface area contributed by atoms with Crippen LogP contribution in [0.3, 0.4) is 0 Å². The van der Waals surface area contributed by atoms with Crippen LogP contribution in [0.15, 0.2) is 18.2 Å². The van der Waals surface area contributed by atoms with Crippen molar-refractivity contribution in [1.29, 1.82) is 0 Å².